The molecule has 1 aromatic rings. The van der Waals surface area contributed by atoms with E-state index in [0.29, 0.717) is 25.7 Å². The van der Waals surface area contributed by atoms with Crippen LogP contribution in [0.4, 0.5) is 0 Å². The Labute approximate surface area is 171 Å². The molecule has 7 nitrogen and oxygen atoms in total. The number of benzene rings is 1. The quantitative estimate of drug-likeness (QED) is 0.516. The number of carbonyl (C=O) groups excluding carboxylic acids is 3. The normalized spacial score (nSPS) is 22.3. The summed E-state index contributed by atoms with van der Waals surface area (Å²) < 4.78 is 5.60. The first kappa shape index (κ1) is 22.6. The highest BCUT2D eigenvalue weighted by Gasteiger charge is 2.24. The van der Waals surface area contributed by atoms with E-state index in [-0.39, 0.29) is 43.4 Å². The van der Waals surface area contributed by atoms with Crippen LogP contribution in [0, 0.1) is 5.92 Å². The van der Waals surface area contributed by atoms with Crippen LogP contribution in [0.3, 0.4) is 0 Å². The standard InChI is InChI=1S/C22H30N2O5/c1-16(15-25)24-20(26)13-18-11-5-2-3-8-12-21(27)29-19(14-23-22(18)28)17-9-6-4-7-10-17/h2,4-7,9-10,16,18-19,25H,3,8,11-15H2,1H3,(H,23,28)(H,24,26)/t16-,18+,19-/m0/s1. The Morgan fingerprint density at radius 2 is 2.03 bits per heavy atom. The van der Waals surface area contributed by atoms with Crippen molar-refractivity contribution in [1.82, 2.24) is 10.6 Å². The molecule has 2 rings (SSSR count). The lowest BCUT2D eigenvalue weighted by Gasteiger charge is -2.21. The number of hydrogen-bond donors (Lipinski definition) is 3. The Balaban J connectivity index is 2.10. The first-order valence-electron chi connectivity index (χ1n) is 10.1. The Hall–Kier alpha value is -2.67. The second-order valence-corrected chi connectivity index (χ2v) is 7.29. The predicted octanol–water partition coefficient (Wildman–Crippen LogP) is 2.02. The molecule has 3 atom stereocenters. The summed E-state index contributed by atoms with van der Waals surface area (Å²) in [6.07, 6.45) is 5.36. The lowest BCUT2D eigenvalue weighted by molar-refractivity contribution is -0.150. The van der Waals surface area contributed by atoms with Gasteiger partial charge in [-0.3, -0.25) is 14.4 Å². The van der Waals surface area contributed by atoms with E-state index in [1.165, 1.54) is 0 Å². The molecule has 1 aliphatic rings. The van der Waals surface area contributed by atoms with Crippen molar-refractivity contribution in [2.45, 2.75) is 51.2 Å². The van der Waals surface area contributed by atoms with Gasteiger partial charge in [0.1, 0.15) is 6.10 Å². The van der Waals surface area contributed by atoms with Gasteiger partial charge in [0.2, 0.25) is 11.8 Å². The number of amides is 2. The van der Waals surface area contributed by atoms with Crippen molar-refractivity contribution in [2.24, 2.45) is 5.92 Å². The molecule has 7 heteroatoms. The topological polar surface area (TPSA) is 105 Å². The van der Waals surface area contributed by atoms with Crippen molar-refractivity contribution in [3.8, 4) is 0 Å². The van der Waals surface area contributed by atoms with Crippen molar-refractivity contribution < 1.29 is 24.2 Å². The van der Waals surface area contributed by atoms with Gasteiger partial charge >= 0.3 is 5.97 Å². The molecule has 0 bridgehead atoms. The van der Waals surface area contributed by atoms with Crippen LogP contribution in [0.2, 0.25) is 0 Å². The fraction of sp³-hybridized carbons (Fsp3) is 0.500. The highest BCUT2D eigenvalue weighted by Crippen LogP contribution is 2.19. The number of esters is 1. The molecule has 0 aliphatic carbocycles. The maximum absolute atomic E-state index is 12.8. The highest BCUT2D eigenvalue weighted by molar-refractivity contribution is 5.86. The average Bonchev–Trinajstić information content (AvgIpc) is 2.73. The number of aliphatic hydroxyl groups is 1. The Morgan fingerprint density at radius 3 is 2.76 bits per heavy atom. The molecule has 3 N–H and O–H groups in total. The zero-order valence-corrected chi connectivity index (χ0v) is 16.8. The lowest BCUT2D eigenvalue weighted by atomic mass is 9.98. The molecule has 29 heavy (non-hydrogen) atoms. The van der Waals surface area contributed by atoms with E-state index in [1.54, 1.807) is 6.92 Å². The van der Waals surface area contributed by atoms with Crippen LogP contribution in [-0.4, -0.2) is 42.1 Å². The van der Waals surface area contributed by atoms with Gasteiger partial charge in [-0.15, -0.1) is 0 Å². The van der Waals surface area contributed by atoms with Crippen LogP contribution < -0.4 is 10.6 Å². The van der Waals surface area contributed by atoms with Crippen LogP contribution in [0.25, 0.3) is 0 Å². The highest BCUT2D eigenvalue weighted by atomic mass is 16.5. The maximum Gasteiger partial charge on any atom is 0.306 e. The van der Waals surface area contributed by atoms with Gasteiger partial charge in [-0.25, -0.2) is 0 Å². The zero-order chi connectivity index (χ0) is 21.1. The lowest BCUT2D eigenvalue weighted by Crippen LogP contribution is -2.40. The molecule has 158 valence electrons. The van der Waals surface area contributed by atoms with Crippen molar-refractivity contribution in [1.29, 1.82) is 0 Å². The third kappa shape index (κ3) is 8.07. The average molecular weight is 402 g/mol. The number of aliphatic hydroxyl groups excluding tert-OH is 1. The fourth-order valence-corrected chi connectivity index (χ4v) is 3.08. The van der Waals surface area contributed by atoms with Gasteiger partial charge in [-0.2, -0.15) is 0 Å². The molecule has 0 radical (unpaired) electrons. The van der Waals surface area contributed by atoms with Crippen LogP contribution in [0.5, 0.6) is 0 Å². The van der Waals surface area contributed by atoms with E-state index in [1.807, 2.05) is 42.5 Å². The van der Waals surface area contributed by atoms with E-state index in [2.05, 4.69) is 10.6 Å². The van der Waals surface area contributed by atoms with Gasteiger partial charge in [0, 0.05) is 18.9 Å². The summed E-state index contributed by atoms with van der Waals surface area (Å²) in [6.45, 7) is 1.68. The summed E-state index contributed by atoms with van der Waals surface area (Å²) >= 11 is 0. The van der Waals surface area contributed by atoms with Gasteiger partial charge in [0.15, 0.2) is 0 Å². The summed E-state index contributed by atoms with van der Waals surface area (Å²) in [6, 6.07) is 8.92. The second kappa shape index (κ2) is 12.0. The van der Waals surface area contributed by atoms with E-state index < -0.39 is 12.0 Å². The Kier molecular flexibility index (Phi) is 9.37. The smallest absolute Gasteiger partial charge is 0.306 e. The molecule has 0 unspecified atom stereocenters. The second-order valence-electron chi connectivity index (χ2n) is 7.29. The minimum absolute atomic E-state index is 0.0241. The molecule has 0 spiro atoms. The van der Waals surface area contributed by atoms with Crippen molar-refractivity contribution in [3.05, 3.63) is 48.0 Å². The molecule has 0 saturated carbocycles. The fourth-order valence-electron chi connectivity index (χ4n) is 3.08. The van der Waals surface area contributed by atoms with Gasteiger partial charge in [0.25, 0.3) is 0 Å². The SMILES string of the molecule is C[C@@H](CO)NC(=O)C[C@H]1CC=CCCCC(=O)O[C@H](c2ccccc2)CNC1=O. The summed E-state index contributed by atoms with van der Waals surface area (Å²) in [7, 11) is 0. The molecule has 1 aliphatic heterocycles. The van der Waals surface area contributed by atoms with Crippen LogP contribution in [0.1, 0.15) is 50.7 Å². The molecule has 0 saturated heterocycles. The first-order valence-corrected chi connectivity index (χ1v) is 10.1. The summed E-state index contributed by atoms with van der Waals surface area (Å²) in [4.78, 5) is 37.1. The molecule has 2 amide bonds. The van der Waals surface area contributed by atoms with Gasteiger partial charge in [0.05, 0.1) is 19.1 Å². The molecule has 0 fully saturated rings. The van der Waals surface area contributed by atoms with Crippen molar-refractivity contribution in [3.63, 3.8) is 0 Å². The molecule has 1 aromatic carbocycles. The first-order chi connectivity index (χ1) is 14.0. The third-order valence-corrected chi connectivity index (χ3v) is 4.73. The predicted molar refractivity (Wildman–Crippen MR) is 109 cm³/mol. The summed E-state index contributed by atoms with van der Waals surface area (Å²) in [5.74, 6) is -1.38. The monoisotopic (exact) mass is 402 g/mol. The Bertz CT molecular complexity index is 704. The number of hydrogen-bond acceptors (Lipinski definition) is 5. The minimum Gasteiger partial charge on any atom is -0.456 e. The summed E-state index contributed by atoms with van der Waals surface area (Å²) in [5, 5.41) is 14.6. The van der Waals surface area contributed by atoms with Crippen LogP contribution >= 0.6 is 0 Å². The van der Waals surface area contributed by atoms with Gasteiger partial charge < -0.3 is 20.5 Å². The minimum atomic E-state index is -0.578. The van der Waals surface area contributed by atoms with E-state index in [4.69, 9.17) is 9.84 Å². The molecular weight excluding hydrogens is 372 g/mol. The maximum atomic E-state index is 12.8. The van der Waals surface area contributed by atoms with Crippen LogP contribution in [0.15, 0.2) is 42.5 Å². The molecular formula is C22H30N2O5. The largest absolute Gasteiger partial charge is 0.456 e. The van der Waals surface area contributed by atoms with Gasteiger partial charge in [-0.05, 0) is 31.7 Å². The van der Waals surface area contributed by atoms with Crippen molar-refractivity contribution in [2.75, 3.05) is 13.2 Å². The van der Waals surface area contributed by atoms with E-state index >= 15 is 0 Å². The Morgan fingerprint density at radius 1 is 1.28 bits per heavy atom. The zero-order valence-electron chi connectivity index (χ0n) is 16.8. The third-order valence-electron chi connectivity index (χ3n) is 4.73. The van der Waals surface area contributed by atoms with Crippen molar-refractivity contribution >= 4 is 17.8 Å². The molecule has 1 heterocycles. The van der Waals surface area contributed by atoms with E-state index in [0.717, 1.165) is 5.56 Å². The van der Waals surface area contributed by atoms with E-state index in [9.17, 15) is 14.4 Å². The number of rotatable bonds is 5. The number of ether oxygens (including phenoxy) is 1. The number of nitrogens with one attached hydrogen (secondary N) is 2. The number of cyclic esters (lactones) is 1. The van der Waals surface area contributed by atoms with Crippen LogP contribution in [-0.2, 0) is 19.1 Å². The summed E-state index contributed by atoms with van der Waals surface area (Å²) in [5.41, 5.74) is 0.806. The number of allylic oxidation sites excluding steroid dienone is 2. The number of carbonyl (C=O) groups is 3. The molecule has 0 aromatic heterocycles. The van der Waals surface area contributed by atoms with Gasteiger partial charge in [-0.1, -0.05) is 42.5 Å².